The highest BCUT2D eigenvalue weighted by molar-refractivity contribution is 5.28. The smallest absolute Gasteiger partial charge is 0.225 e. The van der Waals surface area contributed by atoms with E-state index in [1.165, 1.54) is 25.9 Å². The lowest BCUT2D eigenvalue weighted by Crippen LogP contribution is -2.34. The summed E-state index contributed by atoms with van der Waals surface area (Å²) >= 11 is 0. The maximum absolute atomic E-state index is 5.46. The van der Waals surface area contributed by atoms with Gasteiger partial charge in [-0.3, -0.25) is 0 Å². The molecule has 2 aliphatic heterocycles. The Morgan fingerprint density at radius 2 is 2.05 bits per heavy atom. The van der Waals surface area contributed by atoms with Crippen LogP contribution in [0.1, 0.15) is 12.8 Å². The summed E-state index contributed by atoms with van der Waals surface area (Å²) in [4.78, 5) is 13.6. The summed E-state index contributed by atoms with van der Waals surface area (Å²) in [5.41, 5.74) is 0. The lowest BCUT2D eigenvalue weighted by Gasteiger charge is -2.23. The summed E-state index contributed by atoms with van der Waals surface area (Å²) in [5.74, 6) is 1.60. The first kappa shape index (κ1) is 12.8. The molecule has 1 unspecified atom stereocenters. The average molecular weight is 262 g/mol. The van der Waals surface area contributed by atoms with E-state index in [2.05, 4.69) is 19.8 Å². The summed E-state index contributed by atoms with van der Waals surface area (Å²) in [6, 6.07) is 1.87. The number of ether oxygens (including phenoxy) is 1. The molecule has 0 bridgehead atoms. The van der Waals surface area contributed by atoms with E-state index >= 15 is 0 Å². The number of rotatable bonds is 3. The molecule has 5 nitrogen and oxygen atoms in total. The molecule has 0 aromatic carbocycles. The molecule has 0 N–H and O–H groups in total. The topological polar surface area (TPSA) is 41.5 Å². The molecule has 3 heterocycles. The fraction of sp³-hybridized carbons (Fsp3) is 0.714. The Morgan fingerprint density at radius 3 is 2.84 bits per heavy atom. The largest absolute Gasteiger partial charge is 0.381 e. The van der Waals surface area contributed by atoms with Gasteiger partial charge in [-0.25, -0.2) is 9.97 Å². The molecule has 19 heavy (non-hydrogen) atoms. The molecular weight excluding hydrogens is 240 g/mol. The summed E-state index contributed by atoms with van der Waals surface area (Å²) in [6.45, 7) is 7.45. The van der Waals surface area contributed by atoms with Crippen molar-refractivity contribution < 1.29 is 4.74 Å². The number of anilines is 1. The van der Waals surface area contributed by atoms with Crippen LogP contribution in [-0.4, -0.2) is 60.8 Å². The van der Waals surface area contributed by atoms with Gasteiger partial charge in [-0.1, -0.05) is 0 Å². The van der Waals surface area contributed by atoms with Gasteiger partial charge in [-0.15, -0.1) is 0 Å². The lowest BCUT2D eigenvalue weighted by atomic mass is 10.1. The van der Waals surface area contributed by atoms with Gasteiger partial charge in [-0.05, 0) is 31.4 Å². The molecule has 2 aliphatic rings. The Morgan fingerprint density at radius 1 is 1.16 bits per heavy atom. The molecule has 0 spiro atoms. The Bertz CT molecular complexity index is 380. The fourth-order valence-corrected chi connectivity index (χ4v) is 2.90. The summed E-state index contributed by atoms with van der Waals surface area (Å²) in [7, 11) is 0. The van der Waals surface area contributed by atoms with Gasteiger partial charge in [0.15, 0.2) is 0 Å². The molecule has 0 aliphatic carbocycles. The van der Waals surface area contributed by atoms with Gasteiger partial charge in [0.05, 0.1) is 6.61 Å². The number of hydrogen-bond donors (Lipinski definition) is 0. The van der Waals surface area contributed by atoms with E-state index in [0.29, 0.717) is 0 Å². The zero-order valence-electron chi connectivity index (χ0n) is 11.4. The van der Waals surface area contributed by atoms with Crippen molar-refractivity contribution in [2.45, 2.75) is 12.8 Å². The van der Waals surface area contributed by atoms with Crippen LogP contribution in [0.15, 0.2) is 18.5 Å². The molecule has 104 valence electrons. The van der Waals surface area contributed by atoms with Crippen LogP contribution in [0.4, 0.5) is 5.95 Å². The second-order valence-electron chi connectivity index (χ2n) is 5.42. The number of aromatic nitrogens is 2. The normalized spacial score (nSPS) is 25.5. The highest BCUT2D eigenvalue weighted by Crippen LogP contribution is 2.16. The standard InChI is InChI=1S/C14H22N4O/c1-4-15-14(16-5-1)18-7-2-6-17(8-9-18)11-13-3-10-19-12-13/h1,4-5,13H,2-3,6-12H2. The maximum atomic E-state index is 5.46. The van der Waals surface area contributed by atoms with Crippen LogP contribution in [0.2, 0.25) is 0 Å². The van der Waals surface area contributed by atoms with Gasteiger partial charge in [0.1, 0.15) is 0 Å². The van der Waals surface area contributed by atoms with Crippen molar-refractivity contribution in [1.82, 2.24) is 14.9 Å². The SMILES string of the molecule is c1cnc(N2CCCN(CC3CCOC3)CC2)nc1. The van der Waals surface area contributed by atoms with Crippen LogP contribution < -0.4 is 4.90 Å². The maximum Gasteiger partial charge on any atom is 0.225 e. The second-order valence-corrected chi connectivity index (χ2v) is 5.42. The first-order valence-corrected chi connectivity index (χ1v) is 7.24. The van der Waals surface area contributed by atoms with Crippen LogP contribution in [-0.2, 0) is 4.74 Å². The first-order valence-electron chi connectivity index (χ1n) is 7.24. The van der Waals surface area contributed by atoms with Crippen molar-refractivity contribution in [2.24, 2.45) is 5.92 Å². The van der Waals surface area contributed by atoms with Crippen molar-refractivity contribution >= 4 is 5.95 Å². The molecule has 1 aromatic rings. The van der Waals surface area contributed by atoms with E-state index in [1.54, 1.807) is 0 Å². The number of hydrogen-bond acceptors (Lipinski definition) is 5. The highest BCUT2D eigenvalue weighted by atomic mass is 16.5. The summed E-state index contributed by atoms with van der Waals surface area (Å²) in [5, 5.41) is 0. The van der Waals surface area contributed by atoms with Crippen LogP contribution in [0.5, 0.6) is 0 Å². The minimum atomic E-state index is 0.736. The predicted molar refractivity (Wildman–Crippen MR) is 74.2 cm³/mol. The molecule has 5 heteroatoms. The van der Waals surface area contributed by atoms with Crippen molar-refractivity contribution in [3.05, 3.63) is 18.5 Å². The minimum absolute atomic E-state index is 0.736. The van der Waals surface area contributed by atoms with E-state index in [0.717, 1.165) is 44.7 Å². The average Bonchev–Trinajstić information content (AvgIpc) is 2.85. The molecule has 1 atom stereocenters. The first-order chi connectivity index (χ1) is 9.42. The summed E-state index contributed by atoms with van der Waals surface area (Å²) in [6.07, 6.45) is 6.05. The molecule has 2 saturated heterocycles. The Labute approximate surface area is 114 Å². The van der Waals surface area contributed by atoms with Crippen LogP contribution in [0, 0.1) is 5.92 Å². The van der Waals surface area contributed by atoms with E-state index in [-0.39, 0.29) is 0 Å². The van der Waals surface area contributed by atoms with Crippen LogP contribution in [0.3, 0.4) is 0 Å². The van der Waals surface area contributed by atoms with Crippen LogP contribution >= 0.6 is 0 Å². The quantitative estimate of drug-likeness (QED) is 0.813. The molecule has 2 fully saturated rings. The Balaban J connectivity index is 1.53. The van der Waals surface area contributed by atoms with Crippen molar-refractivity contribution in [3.8, 4) is 0 Å². The van der Waals surface area contributed by atoms with Crippen LogP contribution in [0.25, 0.3) is 0 Å². The lowest BCUT2D eigenvalue weighted by molar-refractivity contribution is 0.169. The Hall–Kier alpha value is -1.20. The van der Waals surface area contributed by atoms with E-state index in [4.69, 9.17) is 4.74 Å². The fourth-order valence-electron chi connectivity index (χ4n) is 2.90. The van der Waals surface area contributed by atoms with E-state index < -0.39 is 0 Å². The zero-order valence-corrected chi connectivity index (χ0v) is 11.4. The molecular formula is C14H22N4O. The minimum Gasteiger partial charge on any atom is -0.381 e. The third kappa shape index (κ3) is 3.42. The molecule has 0 radical (unpaired) electrons. The van der Waals surface area contributed by atoms with Gasteiger partial charge < -0.3 is 14.5 Å². The van der Waals surface area contributed by atoms with Crippen molar-refractivity contribution in [2.75, 3.05) is 50.8 Å². The molecule has 1 aromatic heterocycles. The molecule has 0 amide bonds. The third-order valence-electron chi connectivity index (χ3n) is 3.96. The second kappa shape index (κ2) is 6.30. The van der Waals surface area contributed by atoms with Gasteiger partial charge >= 0.3 is 0 Å². The van der Waals surface area contributed by atoms with Gasteiger partial charge in [0.2, 0.25) is 5.95 Å². The zero-order chi connectivity index (χ0) is 12.9. The monoisotopic (exact) mass is 262 g/mol. The Kier molecular flexibility index (Phi) is 4.25. The van der Waals surface area contributed by atoms with Crippen molar-refractivity contribution in [3.63, 3.8) is 0 Å². The number of nitrogens with zero attached hydrogens (tertiary/aromatic N) is 4. The van der Waals surface area contributed by atoms with Gasteiger partial charge in [-0.2, -0.15) is 0 Å². The molecule has 3 rings (SSSR count). The van der Waals surface area contributed by atoms with Gasteiger partial charge in [0.25, 0.3) is 0 Å². The molecule has 0 saturated carbocycles. The summed E-state index contributed by atoms with van der Waals surface area (Å²) < 4.78 is 5.46. The van der Waals surface area contributed by atoms with E-state index in [1.807, 2.05) is 18.5 Å². The third-order valence-corrected chi connectivity index (χ3v) is 3.96. The van der Waals surface area contributed by atoms with Gasteiger partial charge in [0, 0.05) is 45.2 Å². The van der Waals surface area contributed by atoms with E-state index in [9.17, 15) is 0 Å². The highest BCUT2D eigenvalue weighted by Gasteiger charge is 2.22. The van der Waals surface area contributed by atoms with Crippen molar-refractivity contribution in [1.29, 1.82) is 0 Å². The predicted octanol–water partition coefficient (Wildman–Crippen LogP) is 1.03.